The van der Waals surface area contributed by atoms with Gasteiger partial charge in [-0.25, -0.2) is 0 Å². The van der Waals surface area contributed by atoms with Crippen LogP contribution in [0, 0.1) is 0 Å². The van der Waals surface area contributed by atoms with Crippen molar-refractivity contribution in [2.75, 3.05) is 18.5 Å². The first-order valence-corrected chi connectivity index (χ1v) is 8.01. The van der Waals surface area contributed by atoms with Crippen LogP contribution >= 0.6 is 15.9 Å². The van der Waals surface area contributed by atoms with E-state index in [1.54, 1.807) is 6.08 Å². The molecule has 0 amide bonds. The summed E-state index contributed by atoms with van der Waals surface area (Å²) in [6.07, 6.45) is 1.72. The lowest BCUT2D eigenvalue weighted by Gasteiger charge is -2.13. The molecule has 0 saturated heterocycles. The fourth-order valence-corrected chi connectivity index (χ4v) is 2.23. The monoisotopic (exact) mass is 361 g/mol. The standard InChI is InChI=1S/C18H20BrNO2/c1-3-11-22-17-10-5-14(12-18(17)21-4-2)13-20-16-8-6-15(19)7-9-16/h3,5-10,12,20H,1,4,11,13H2,2H3. The van der Waals surface area contributed by atoms with E-state index in [0.29, 0.717) is 13.2 Å². The van der Waals surface area contributed by atoms with Gasteiger partial charge in [0.05, 0.1) is 6.61 Å². The van der Waals surface area contributed by atoms with Crippen LogP contribution in [0.5, 0.6) is 11.5 Å². The third-order valence-electron chi connectivity index (χ3n) is 3.01. The van der Waals surface area contributed by atoms with Crippen LogP contribution in [-0.2, 0) is 6.54 Å². The molecule has 0 radical (unpaired) electrons. The number of rotatable bonds is 8. The largest absolute Gasteiger partial charge is 0.490 e. The Morgan fingerprint density at radius 2 is 1.86 bits per heavy atom. The maximum absolute atomic E-state index is 5.65. The molecule has 0 atom stereocenters. The maximum Gasteiger partial charge on any atom is 0.161 e. The molecule has 2 aromatic carbocycles. The lowest BCUT2D eigenvalue weighted by atomic mass is 10.2. The van der Waals surface area contributed by atoms with Crippen LogP contribution < -0.4 is 14.8 Å². The van der Waals surface area contributed by atoms with Crippen LogP contribution in [0.15, 0.2) is 59.6 Å². The predicted octanol–water partition coefficient (Wildman–Crippen LogP) is 5.02. The summed E-state index contributed by atoms with van der Waals surface area (Å²) < 4.78 is 12.3. The lowest BCUT2D eigenvalue weighted by Crippen LogP contribution is -2.02. The summed E-state index contributed by atoms with van der Waals surface area (Å²) in [4.78, 5) is 0. The molecule has 1 N–H and O–H groups in total. The van der Waals surface area contributed by atoms with Crippen molar-refractivity contribution in [3.05, 3.63) is 65.2 Å². The fraction of sp³-hybridized carbons (Fsp3) is 0.222. The Morgan fingerprint density at radius 1 is 1.09 bits per heavy atom. The lowest BCUT2D eigenvalue weighted by molar-refractivity contribution is 0.296. The zero-order valence-corrected chi connectivity index (χ0v) is 14.2. The molecule has 2 rings (SSSR count). The van der Waals surface area contributed by atoms with E-state index in [-0.39, 0.29) is 0 Å². The van der Waals surface area contributed by atoms with Gasteiger partial charge in [0.2, 0.25) is 0 Å². The molecule has 116 valence electrons. The molecule has 3 nitrogen and oxygen atoms in total. The van der Waals surface area contributed by atoms with Gasteiger partial charge in [-0.2, -0.15) is 0 Å². The Balaban J connectivity index is 2.05. The highest BCUT2D eigenvalue weighted by Crippen LogP contribution is 2.29. The molecule has 0 aliphatic rings. The van der Waals surface area contributed by atoms with E-state index in [1.807, 2.05) is 49.4 Å². The van der Waals surface area contributed by atoms with Gasteiger partial charge in [-0.1, -0.05) is 34.7 Å². The molecular weight excluding hydrogens is 342 g/mol. The van der Waals surface area contributed by atoms with E-state index in [9.17, 15) is 0 Å². The Kier molecular flexibility index (Phi) is 6.34. The summed E-state index contributed by atoms with van der Waals surface area (Å²) >= 11 is 3.43. The summed E-state index contributed by atoms with van der Waals surface area (Å²) in [7, 11) is 0. The molecule has 2 aromatic rings. The van der Waals surface area contributed by atoms with Gasteiger partial charge in [0, 0.05) is 16.7 Å². The predicted molar refractivity (Wildman–Crippen MR) is 94.8 cm³/mol. The first kappa shape index (κ1) is 16.4. The Bertz CT molecular complexity index is 611. The van der Waals surface area contributed by atoms with E-state index in [2.05, 4.69) is 27.8 Å². The smallest absolute Gasteiger partial charge is 0.161 e. The van der Waals surface area contributed by atoms with Gasteiger partial charge in [-0.15, -0.1) is 0 Å². The van der Waals surface area contributed by atoms with Gasteiger partial charge in [-0.3, -0.25) is 0 Å². The third-order valence-corrected chi connectivity index (χ3v) is 3.53. The highest BCUT2D eigenvalue weighted by molar-refractivity contribution is 9.10. The fourth-order valence-electron chi connectivity index (χ4n) is 1.97. The molecule has 0 heterocycles. The number of hydrogen-bond donors (Lipinski definition) is 1. The number of halogens is 1. The number of hydrogen-bond acceptors (Lipinski definition) is 3. The van der Waals surface area contributed by atoms with Crippen LogP contribution in [0.2, 0.25) is 0 Å². The van der Waals surface area contributed by atoms with Gasteiger partial charge in [0.15, 0.2) is 11.5 Å². The molecule has 0 spiro atoms. The van der Waals surface area contributed by atoms with Crippen molar-refractivity contribution in [1.29, 1.82) is 0 Å². The zero-order chi connectivity index (χ0) is 15.8. The van der Waals surface area contributed by atoms with Gasteiger partial charge in [0.25, 0.3) is 0 Å². The Labute approximate surface area is 140 Å². The van der Waals surface area contributed by atoms with Crippen molar-refractivity contribution in [2.24, 2.45) is 0 Å². The summed E-state index contributed by atoms with van der Waals surface area (Å²) in [5.41, 5.74) is 2.21. The molecule has 0 fully saturated rings. The molecular formula is C18H20BrNO2. The molecule has 0 aromatic heterocycles. The van der Waals surface area contributed by atoms with Crippen molar-refractivity contribution in [1.82, 2.24) is 0 Å². The minimum absolute atomic E-state index is 0.469. The molecule has 0 aliphatic heterocycles. The minimum atomic E-state index is 0.469. The quantitative estimate of drug-likeness (QED) is 0.669. The molecule has 22 heavy (non-hydrogen) atoms. The van der Waals surface area contributed by atoms with Crippen LogP contribution in [0.4, 0.5) is 5.69 Å². The van der Waals surface area contributed by atoms with Crippen LogP contribution in [-0.4, -0.2) is 13.2 Å². The number of anilines is 1. The Hall–Kier alpha value is -1.94. The van der Waals surface area contributed by atoms with Crippen LogP contribution in [0.3, 0.4) is 0 Å². The molecule has 0 unspecified atom stereocenters. The average molecular weight is 362 g/mol. The minimum Gasteiger partial charge on any atom is -0.490 e. The molecule has 4 heteroatoms. The van der Waals surface area contributed by atoms with Crippen molar-refractivity contribution in [3.8, 4) is 11.5 Å². The summed E-state index contributed by atoms with van der Waals surface area (Å²) in [5.74, 6) is 1.51. The van der Waals surface area contributed by atoms with Gasteiger partial charge in [-0.05, 0) is 48.9 Å². The molecule has 0 aliphatic carbocycles. The first-order chi connectivity index (χ1) is 10.7. The van der Waals surface area contributed by atoms with Crippen molar-refractivity contribution >= 4 is 21.6 Å². The Morgan fingerprint density at radius 3 is 2.55 bits per heavy atom. The number of benzene rings is 2. The second kappa shape index (κ2) is 8.49. The topological polar surface area (TPSA) is 30.5 Å². The maximum atomic E-state index is 5.65. The second-order valence-corrected chi connectivity index (χ2v) is 5.59. The first-order valence-electron chi connectivity index (χ1n) is 7.21. The normalized spacial score (nSPS) is 10.1. The summed E-state index contributed by atoms with van der Waals surface area (Å²) in [6.45, 7) is 7.42. The molecule has 0 saturated carbocycles. The van der Waals surface area contributed by atoms with Crippen molar-refractivity contribution in [3.63, 3.8) is 0 Å². The second-order valence-electron chi connectivity index (χ2n) is 4.67. The SMILES string of the molecule is C=CCOc1ccc(CNc2ccc(Br)cc2)cc1OCC. The van der Waals surface area contributed by atoms with Gasteiger partial charge in [0.1, 0.15) is 6.61 Å². The van der Waals surface area contributed by atoms with Crippen LogP contribution in [0.1, 0.15) is 12.5 Å². The van der Waals surface area contributed by atoms with E-state index in [4.69, 9.17) is 9.47 Å². The van der Waals surface area contributed by atoms with Gasteiger partial charge < -0.3 is 14.8 Å². The zero-order valence-electron chi connectivity index (χ0n) is 12.6. The van der Waals surface area contributed by atoms with E-state index < -0.39 is 0 Å². The highest BCUT2D eigenvalue weighted by atomic mass is 79.9. The van der Waals surface area contributed by atoms with E-state index in [1.165, 1.54) is 0 Å². The third kappa shape index (κ3) is 4.81. The summed E-state index contributed by atoms with van der Waals surface area (Å²) in [5, 5.41) is 3.39. The molecule has 0 bridgehead atoms. The van der Waals surface area contributed by atoms with Crippen molar-refractivity contribution < 1.29 is 9.47 Å². The van der Waals surface area contributed by atoms with Gasteiger partial charge >= 0.3 is 0 Å². The number of ether oxygens (including phenoxy) is 2. The van der Waals surface area contributed by atoms with E-state index >= 15 is 0 Å². The summed E-state index contributed by atoms with van der Waals surface area (Å²) in [6, 6.07) is 14.1. The van der Waals surface area contributed by atoms with E-state index in [0.717, 1.165) is 33.8 Å². The highest BCUT2D eigenvalue weighted by Gasteiger charge is 2.06. The van der Waals surface area contributed by atoms with Crippen molar-refractivity contribution in [2.45, 2.75) is 13.5 Å². The van der Waals surface area contributed by atoms with Crippen LogP contribution in [0.25, 0.3) is 0 Å². The number of nitrogens with one attached hydrogen (secondary N) is 1. The average Bonchev–Trinajstić information content (AvgIpc) is 2.54.